The number of anilines is 1. The van der Waals surface area contributed by atoms with Gasteiger partial charge < -0.3 is 15.7 Å². The first kappa shape index (κ1) is 13.3. The first-order valence-electron chi connectivity index (χ1n) is 6.65. The molecule has 0 radical (unpaired) electrons. The van der Waals surface area contributed by atoms with Crippen LogP contribution in [0.5, 0.6) is 5.75 Å². The third-order valence-corrected chi connectivity index (χ3v) is 4.45. The third kappa shape index (κ3) is 2.03. The minimum atomic E-state index is 0.158. The summed E-state index contributed by atoms with van der Waals surface area (Å²) in [4.78, 5) is 2.26. The molecular weight excluding hydrogens is 272 g/mol. The molecule has 3 nitrogen and oxygen atoms in total. The Morgan fingerprint density at radius 3 is 2.60 bits per heavy atom. The van der Waals surface area contributed by atoms with Gasteiger partial charge in [-0.05, 0) is 53.9 Å². The van der Waals surface area contributed by atoms with Gasteiger partial charge in [0.25, 0.3) is 0 Å². The molecule has 2 aromatic carbocycles. The summed E-state index contributed by atoms with van der Waals surface area (Å²) in [6.07, 6.45) is 0. The Morgan fingerprint density at radius 2 is 1.95 bits per heavy atom. The zero-order valence-electron chi connectivity index (χ0n) is 11.3. The summed E-state index contributed by atoms with van der Waals surface area (Å²) in [5.41, 5.74) is 10.7. The smallest absolute Gasteiger partial charge is 0.115 e. The summed E-state index contributed by atoms with van der Waals surface area (Å²) in [6, 6.07) is 11.4. The topological polar surface area (TPSA) is 49.5 Å². The van der Waals surface area contributed by atoms with Crippen molar-refractivity contribution in [1.29, 1.82) is 0 Å². The van der Waals surface area contributed by atoms with E-state index < -0.39 is 0 Å². The lowest BCUT2D eigenvalue weighted by Crippen LogP contribution is -2.27. The van der Waals surface area contributed by atoms with Crippen molar-refractivity contribution in [3.63, 3.8) is 0 Å². The molecule has 20 heavy (non-hydrogen) atoms. The number of phenolic OH excluding ortho intramolecular Hbond substituents is 1. The normalized spacial score (nSPS) is 17.4. The minimum absolute atomic E-state index is 0.158. The number of nitrogens with zero attached hydrogens (tertiary/aromatic N) is 1. The van der Waals surface area contributed by atoms with Crippen LogP contribution in [0.3, 0.4) is 0 Å². The van der Waals surface area contributed by atoms with Gasteiger partial charge in [0.2, 0.25) is 0 Å². The number of hydrogen-bond donors (Lipinski definition) is 2. The van der Waals surface area contributed by atoms with E-state index in [0.29, 0.717) is 6.54 Å². The zero-order valence-corrected chi connectivity index (χ0v) is 12.1. The van der Waals surface area contributed by atoms with Crippen LogP contribution < -0.4 is 10.6 Å². The fourth-order valence-corrected chi connectivity index (χ4v) is 3.07. The SMILES string of the molecule is Cc1c(Cl)ccc2c1CN(c1ccc(O)cc1)C2CN. The second-order valence-electron chi connectivity index (χ2n) is 5.14. The van der Waals surface area contributed by atoms with Crippen LogP contribution in [0.4, 0.5) is 5.69 Å². The van der Waals surface area contributed by atoms with Gasteiger partial charge in [0.1, 0.15) is 5.75 Å². The summed E-state index contributed by atoms with van der Waals surface area (Å²) >= 11 is 6.21. The Balaban J connectivity index is 2.04. The number of rotatable bonds is 2. The molecule has 0 bridgehead atoms. The van der Waals surface area contributed by atoms with Crippen LogP contribution in [0.1, 0.15) is 22.7 Å². The van der Waals surface area contributed by atoms with Crippen molar-refractivity contribution in [1.82, 2.24) is 0 Å². The van der Waals surface area contributed by atoms with Gasteiger partial charge in [0.05, 0.1) is 6.04 Å². The molecule has 0 aliphatic carbocycles. The van der Waals surface area contributed by atoms with Crippen molar-refractivity contribution < 1.29 is 5.11 Å². The number of hydrogen-bond acceptors (Lipinski definition) is 3. The van der Waals surface area contributed by atoms with Crippen molar-refractivity contribution in [3.8, 4) is 5.75 Å². The minimum Gasteiger partial charge on any atom is -0.508 e. The molecule has 0 saturated carbocycles. The third-order valence-electron chi connectivity index (χ3n) is 4.04. The second kappa shape index (κ2) is 5.00. The maximum atomic E-state index is 9.42. The van der Waals surface area contributed by atoms with E-state index in [0.717, 1.165) is 22.8 Å². The van der Waals surface area contributed by atoms with Gasteiger partial charge in [-0.15, -0.1) is 0 Å². The molecule has 0 amide bonds. The Labute approximate surface area is 123 Å². The summed E-state index contributed by atoms with van der Waals surface area (Å²) in [5, 5.41) is 10.2. The maximum absolute atomic E-state index is 9.42. The number of fused-ring (bicyclic) bond motifs is 1. The fourth-order valence-electron chi connectivity index (χ4n) is 2.89. The summed E-state index contributed by atoms with van der Waals surface area (Å²) in [5.74, 6) is 0.272. The molecule has 0 fully saturated rings. The Kier molecular flexibility index (Phi) is 3.32. The molecule has 0 aromatic heterocycles. The van der Waals surface area contributed by atoms with E-state index in [9.17, 15) is 5.11 Å². The lowest BCUT2D eigenvalue weighted by molar-refractivity contribution is 0.475. The Morgan fingerprint density at radius 1 is 1.25 bits per heavy atom. The van der Waals surface area contributed by atoms with Crippen LogP contribution in [0.2, 0.25) is 5.02 Å². The van der Waals surface area contributed by atoms with E-state index in [4.69, 9.17) is 17.3 Å². The van der Waals surface area contributed by atoms with Gasteiger partial charge in [0.15, 0.2) is 0 Å². The summed E-state index contributed by atoms with van der Waals surface area (Å²) in [7, 11) is 0. The molecule has 1 aliphatic rings. The first-order valence-corrected chi connectivity index (χ1v) is 7.03. The first-order chi connectivity index (χ1) is 9.61. The molecule has 3 rings (SSSR count). The molecule has 4 heteroatoms. The number of benzene rings is 2. The molecule has 104 valence electrons. The summed E-state index contributed by atoms with van der Waals surface area (Å²) in [6.45, 7) is 3.40. The molecule has 1 aliphatic heterocycles. The predicted molar refractivity (Wildman–Crippen MR) is 82.3 cm³/mol. The van der Waals surface area contributed by atoms with Gasteiger partial charge in [-0.25, -0.2) is 0 Å². The predicted octanol–water partition coefficient (Wildman–Crippen LogP) is 3.37. The van der Waals surface area contributed by atoms with Crippen molar-refractivity contribution in [2.24, 2.45) is 5.73 Å². The average molecular weight is 289 g/mol. The molecule has 0 spiro atoms. The van der Waals surface area contributed by atoms with Crippen molar-refractivity contribution in [2.45, 2.75) is 19.5 Å². The van der Waals surface area contributed by atoms with Crippen molar-refractivity contribution >= 4 is 17.3 Å². The van der Waals surface area contributed by atoms with Crippen molar-refractivity contribution in [3.05, 3.63) is 58.1 Å². The van der Waals surface area contributed by atoms with Gasteiger partial charge in [-0.1, -0.05) is 17.7 Å². The lowest BCUT2D eigenvalue weighted by atomic mass is 10.0. The monoisotopic (exact) mass is 288 g/mol. The highest BCUT2D eigenvalue weighted by atomic mass is 35.5. The van der Waals surface area contributed by atoms with Gasteiger partial charge in [-0.3, -0.25) is 0 Å². The van der Waals surface area contributed by atoms with E-state index in [1.807, 2.05) is 18.2 Å². The molecular formula is C16H17ClN2O. The highest BCUT2D eigenvalue weighted by Gasteiger charge is 2.30. The van der Waals surface area contributed by atoms with Crippen LogP contribution in [0.25, 0.3) is 0 Å². The van der Waals surface area contributed by atoms with Crippen molar-refractivity contribution in [2.75, 3.05) is 11.4 Å². The van der Waals surface area contributed by atoms with Crippen LogP contribution in [-0.4, -0.2) is 11.7 Å². The fraction of sp³-hybridized carbons (Fsp3) is 0.250. The summed E-state index contributed by atoms with van der Waals surface area (Å²) < 4.78 is 0. The standard InChI is InChI=1S/C16H17ClN2O/c1-10-14-9-19(11-2-4-12(20)5-3-11)16(8-18)13(14)6-7-15(10)17/h2-7,16,20H,8-9,18H2,1H3. The molecule has 1 heterocycles. The molecule has 3 N–H and O–H groups in total. The van der Waals surface area contributed by atoms with E-state index in [1.54, 1.807) is 12.1 Å². The van der Waals surface area contributed by atoms with E-state index >= 15 is 0 Å². The number of aromatic hydroxyl groups is 1. The lowest BCUT2D eigenvalue weighted by Gasteiger charge is -2.26. The highest BCUT2D eigenvalue weighted by Crippen LogP contribution is 2.40. The van der Waals surface area contributed by atoms with Crippen LogP contribution in [0.15, 0.2) is 36.4 Å². The Bertz CT molecular complexity index is 640. The average Bonchev–Trinajstić information content (AvgIpc) is 2.83. The van der Waals surface area contributed by atoms with Crippen LogP contribution in [-0.2, 0) is 6.54 Å². The quantitative estimate of drug-likeness (QED) is 0.891. The number of phenols is 1. The van der Waals surface area contributed by atoms with E-state index in [-0.39, 0.29) is 11.8 Å². The van der Waals surface area contributed by atoms with E-state index in [1.165, 1.54) is 11.1 Å². The van der Waals surface area contributed by atoms with Crippen LogP contribution in [0, 0.1) is 6.92 Å². The van der Waals surface area contributed by atoms with Gasteiger partial charge in [0, 0.05) is 23.8 Å². The maximum Gasteiger partial charge on any atom is 0.115 e. The molecule has 1 unspecified atom stereocenters. The van der Waals surface area contributed by atoms with Gasteiger partial charge >= 0.3 is 0 Å². The molecule has 1 atom stereocenters. The molecule has 2 aromatic rings. The molecule has 0 saturated heterocycles. The van der Waals surface area contributed by atoms with Crippen LogP contribution >= 0.6 is 11.6 Å². The second-order valence-corrected chi connectivity index (χ2v) is 5.54. The Hall–Kier alpha value is -1.71. The van der Waals surface area contributed by atoms with E-state index in [2.05, 4.69) is 17.9 Å². The largest absolute Gasteiger partial charge is 0.508 e. The van der Waals surface area contributed by atoms with Gasteiger partial charge in [-0.2, -0.15) is 0 Å². The highest BCUT2D eigenvalue weighted by molar-refractivity contribution is 6.31. The number of halogens is 1. The zero-order chi connectivity index (χ0) is 14.3. The number of nitrogens with two attached hydrogens (primary N) is 1.